The molecule has 0 spiro atoms. The molecule has 2 heterocycles. The van der Waals surface area contributed by atoms with E-state index in [4.69, 9.17) is 16.0 Å². The smallest absolute Gasteiger partial charge is 0.408 e. The minimum absolute atomic E-state index is 0.270. The van der Waals surface area contributed by atoms with Crippen molar-refractivity contribution in [3.63, 3.8) is 0 Å². The van der Waals surface area contributed by atoms with Crippen molar-refractivity contribution in [2.75, 3.05) is 26.2 Å². The molecule has 2 fully saturated rings. The molecular weight excluding hydrogens is 318 g/mol. The number of nitrogens with zero attached hydrogens (tertiary/aromatic N) is 3. The second kappa shape index (κ2) is 5.69. The standard InChI is InChI=1S/C16H18ClN3O3/c17-12-3-4-13-14(9-12)23-16(22)20(13)10-18-5-7-19(8-6-18)15(21)11-1-2-11/h3-4,9,11H,1-2,5-8,10H2. The number of oxazole rings is 1. The zero-order chi connectivity index (χ0) is 16.0. The SMILES string of the molecule is O=C(C1CC1)N1CCN(Cn2c(=O)oc3cc(Cl)ccc32)CC1. The highest BCUT2D eigenvalue weighted by Crippen LogP contribution is 2.31. The van der Waals surface area contributed by atoms with Gasteiger partial charge < -0.3 is 9.32 Å². The van der Waals surface area contributed by atoms with Gasteiger partial charge in [-0.2, -0.15) is 0 Å². The Bertz CT molecular complexity index is 800. The number of carbonyl (C=O) groups is 1. The van der Waals surface area contributed by atoms with E-state index in [2.05, 4.69) is 4.90 Å². The third-order valence-corrected chi connectivity index (χ3v) is 4.82. The number of hydrogen-bond acceptors (Lipinski definition) is 4. The molecule has 1 aromatic heterocycles. The molecule has 2 aromatic rings. The van der Waals surface area contributed by atoms with E-state index in [0.29, 0.717) is 23.2 Å². The summed E-state index contributed by atoms with van der Waals surface area (Å²) in [6, 6.07) is 5.21. The second-order valence-electron chi connectivity index (χ2n) is 6.27. The number of fused-ring (bicyclic) bond motifs is 1. The van der Waals surface area contributed by atoms with Gasteiger partial charge in [-0.3, -0.25) is 14.3 Å². The molecule has 0 unspecified atom stereocenters. The Morgan fingerprint density at radius 1 is 1.22 bits per heavy atom. The lowest BCUT2D eigenvalue weighted by atomic mass is 10.2. The van der Waals surface area contributed by atoms with Crippen LogP contribution in [0.4, 0.5) is 0 Å². The maximum absolute atomic E-state index is 12.1. The molecule has 1 aliphatic carbocycles. The van der Waals surface area contributed by atoms with Gasteiger partial charge in [0, 0.05) is 43.2 Å². The van der Waals surface area contributed by atoms with Crippen LogP contribution in [-0.4, -0.2) is 46.5 Å². The molecule has 0 N–H and O–H groups in total. The van der Waals surface area contributed by atoms with E-state index in [1.54, 1.807) is 22.8 Å². The average molecular weight is 336 g/mol. The average Bonchev–Trinajstić information content (AvgIpc) is 3.34. The van der Waals surface area contributed by atoms with Crippen molar-refractivity contribution in [3.05, 3.63) is 33.8 Å². The first kappa shape index (κ1) is 14.8. The molecule has 1 saturated heterocycles. The maximum atomic E-state index is 12.1. The van der Waals surface area contributed by atoms with Gasteiger partial charge in [-0.1, -0.05) is 11.6 Å². The van der Waals surface area contributed by atoms with Crippen molar-refractivity contribution in [2.45, 2.75) is 19.5 Å². The number of benzene rings is 1. The van der Waals surface area contributed by atoms with Crippen molar-refractivity contribution < 1.29 is 9.21 Å². The van der Waals surface area contributed by atoms with E-state index < -0.39 is 0 Å². The van der Waals surface area contributed by atoms with Gasteiger partial charge in [0.15, 0.2) is 5.58 Å². The van der Waals surface area contributed by atoms with Crippen molar-refractivity contribution in [3.8, 4) is 0 Å². The quantitative estimate of drug-likeness (QED) is 0.857. The maximum Gasteiger partial charge on any atom is 0.421 e. The lowest BCUT2D eigenvalue weighted by molar-refractivity contribution is -0.134. The number of carbonyl (C=O) groups excluding carboxylic acids is 1. The van der Waals surface area contributed by atoms with Gasteiger partial charge in [0.2, 0.25) is 5.91 Å². The van der Waals surface area contributed by atoms with Crippen molar-refractivity contribution in [1.29, 1.82) is 0 Å². The summed E-state index contributed by atoms with van der Waals surface area (Å²) in [7, 11) is 0. The fourth-order valence-corrected chi connectivity index (χ4v) is 3.23. The molecule has 1 amide bonds. The highest BCUT2D eigenvalue weighted by atomic mass is 35.5. The molecule has 0 bridgehead atoms. The first-order valence-corrected chi connectivity index (χ1v) is 8.29. The number of aromatic nitrogens is 1. The normalized spacial score (nSPS) is 19.4. The lowest BCUT2D eigenvalue weighted by Crippen LogP contribution is -2.49. The minimum Gasteiger partial charge on any atom is -0.408 e. The molecule has 0 atom stereocenters. The number of halogens is 1. The summed E-state index contributed by atoms with van der Waals surface area (Å²) in [5.74, 6) is 0.190. The van der Waals surface area contributed by atoms with Crippen LogP contribution in [-0.2, 0) is 11.5 Å². The van der Waals surface area contributed by atoms with Crippen LogP contribution in [0.1, 0.15) is 12.8 Å². The van der Waals surface area contributed by atoms with Crippen LogP contribution in [0.25, 0.3) is 11.1 Å². The van der Waals surface area contributed by atoms with E-state index in [1.165, 1.54) is 0 Å². The summed E-state index contributed by atoms with van der Waals surface area (Å²) in [6.07, 6.45) is 2.08. The number of rotatable bonds is 3. The van der Waals surface area contributed by atoms with Crippen molar-refractivity contribution in [2.24, 2.45) is 5.92 Å². The van der Waals surface area contributed by atoms with E-state index in [-0.39, 0.29) is 11.7 Å². The Morgan fingerprint density at radius 3 is 2.65 bits per heavy atom. The van der Waals surface area contributed by atoms with Gasteiger partial charge in [0.25, 0.3) is 0 Å². The van der Waals surface area contributed by atoms with E-state index in [0.717, 1.165) is 44.5 Å². The Morgan fingerprint density at radius 2 is 1.96 bits per heavy atom. The summed E-state index contributed by atoms with van der Waals surface area (Å²) >= 11 is 5.93. The molecule has 1 saturated carbocycles. The van der Waals surface area contributed by atoms with Crippen LogP contribution in [0, 0.1) is 5.92 Å². The zero-order valence-electron chi connectivity index (χ0n) is 12.7. The molecule has 1 aliphatic heterocycles. The molecule has 6 nitrogen and oxygen atoms in total. The zero-order valence-corrected chi connectivity index (χ0v) is 13.5. The predicted molar refractivity (Wildman–Crippen MR) is 86.4 cm³/mol. The van der Waals surface area contributed by atoms with Gasteiger partial charge in [-0.15, -0.1) is 0 Å². The number of hydrogen-bond donors (Lipinski definition) is 0. The van der Waals surface area contributed by atoms with Gasteiger partial charge in [0.05, 0.1) is 12.2 Å². The first-order chi connectivity index (χ1) is 11.1. The van der Waals surface area contributed by atoms with Crippen molar-refractivity contribution >= 4 is 28.6 Å². The van der Waals surface area contributed by atoms with Gasteiger partial charge in [-0.05, 0) is 25.0 Å². The monoisotopic (exact) mass is 335 g/mol. The second-order valence-corrected chi connectivity index (χ2v) is 6.70. The summed E-state index contributed by atoms with van der Waals surface area (Å²) < 4.78 is 6.87. The molecule has 0 radical (unpaired) electrons. The highest BCUT2D eigenvalue weighted by Gasteiger charge is 2.34. The minimum atomic E-state index is -0.376. The predicted octanol–water partition coefficient (Wildman–Crippen LogP) is 1.76. The summed E-state index contributed by atoms with van der Waals surface area (Å²) in [4.78, 5) is 28.2. The highest BCUT2D eigenvalue weighted by molar-refractivity contribution is 6.31. The number of piperazine rings is 1. The third-order valence-electron chi connectivity index (χ3n) is 4.58. The Kier molecular flexibility index (Phi) is 3.66. The largest absolute Gasteiger partial charge is 0.421 e. The fourth-order valence-electron chi connectivity index (χ4n) is 3.07. The molecule has 122 valence electrons. The van der Waals surface area contributed by atoms with Gasteiger partial charge in [-0.25, -0.2) is 4.79 Å². The van der Waals surface area contributed by atoms with Crippen molar-refractivity contribution in [1.82, 2.24) is 14.4 Å². The van der Waals surface area contributed by atoms with Crippen LogP contribution in [0.2, 0.25) is 5.02 Å². The van der Waals surface area contributed by atoms with Crippen LogP contribution >= 0.6 is 11.6 Å². The Hall–Kier alpha value is -1.79. The van der Waals surface area contributed by atoms with Crippen LogP contribution in [0.5, 0.6) is 0 Å². The summed E-state index contributed by atoms with van der Waals surface area (Å²) in [6.45, 7) is 3.46. The Balaban J connectivity index is 1.46. The third kappa shape index (κ3) is 2.88. The fraction of sp³-hybridized carbons (Fsp3) is 0.500. The molecular formula is C16H18ClN3O3. The molecule has 4 rings (SSSR count). The summed E-state index contributed by atoms with van der Waals surface area (Å²) in [5, 5.41) is 0.547. The molecule has 2 aliphatic rings. The van der Waals surface area contributed by atoms with E-state index >= 15 is 0 Å². The Labute approximate surface area is 138 Å². The summed E-state index contributed by atoms with van der Waals surface area (Å²) in [5.41, 5.74) is 1.25. The number of amides is 1. The lowest BCUT2D eigenvalue weighted by Gasteiger charge is -2.34. The molecule has 7 heteroatoms. The molecule has 1 aromatic carbocycles. The van der Waals surface area contributed by atoms with Crippen LogP contribution < -0.4 is 5.76 Å². The first-order valence-electron chi connectivity index (χ1n) is 7.92. The van der Waals surface area contributed by atoms with Crippen LogP contribution in [0.3, 0.4) is 0 Å². The van der Waals surface area contributed by atoms with Gasteiger partial charge in [0.1, 0.15) is 0 Å². The van der Waals surface area contributed by atoms with Gasteiger partial charge >= 0.3 is 5.76 Å². The van der Waals surface area contributed by atoms with E-state index in [9.17, 15) is 9.59 Å². The molecule has 23 heavy (non-hydrogen) atoms. The topological polar surface area (TPSA) is 58.7 Å². The van der Waals surface area contributed by atoms with E-state index in [1.807, 2.05) is 4.90 Å². The van der Waals surface area contributed by atoms with Crippen LogP contribution in [0.15, 0.2) is 27.4 Å².